The molecule has 3 rings (SSSR count). The molecule has 0 fully saturated rings. The molecule has 8 heteroatoms. The van der Waals surface area contributed by atoms with Crippen molar-refractivity contribution in [3.8, 4) is 11.5 Å². The van der Waals surface area contributed by atoms with Crippen LogP contribution in [0, 0.1) is 5.82 Å². The molecular weight excluding hydrogens is 391 g/mol. The Bertz CT molecular complexity index is 947. The highest BCUT2D eigenvalue weighted by Crippen LogP contribution is 2.33. The van der Waals surface area contributed by atoms with Crippen molar-refractivity contribution in [1.82, 2.24) is 5.32 Å². The van der Waals surface area contributed by atoms with Gasteiger partial charge < -0.3 is 19.7 Å². The molecule has 1 heterocycles. The zero-order valence-corrected chi connectivity index (χ0v) is 16.7. The molecule has 0 saturated heterocycles. The molecule has 0 radical (unpaired) electrons. The first-order valence-corrected chi connectivity index (χ1v) is 9.74. The van der Waals surface area contributed by atoms with Gasteiger partial charge in [-0.3, -0.25) is 14.4 Å². The first-order chi connectivity index (χ1) is 14.5. The molecule has 30 heavy (non-hydrogen) atoms. The smallest absolute Gasteiger partial charge is 0.265 e. The molecule has 0 spiro atoms. The predicted molar refractivity (Wildman–Crippen MR) is 108 cm³/mol. The number of halogens is 1. The summed E-state index contributed by atoms with van der Waals surface area (Å²) in [5.74, 6) is -0.749. The van der Waals surface area contributed by atoms with Crippen molar-refractivity contribution in [3.05, 3.63) is 53.8 Å². The Balaban J connectivity index is 1.69. The summed E-state index contributed by atoms with van der Waals surface area (Å²) in [5, 5.41) is 2.72. The van der Waals surface area contributed by atoms with Crippen LogP contribution in [0.1, 0.15) is 30.1 Å². The number of hydrogen-bond donors (Lipinski definition) is 1. The molecule has 0 unspecified atom stereocenters. The van der Waals surface area contributed by atoms with Gasteiger partial charge in [-0.2, -0.15) is 0 Å². The molecule has 2 amide bonds. The van der Waals surface area contributed by atoms with Crippen LogP contribution in [0.3, 0.4) is 0 Å². The van der Waals surface area contributed by atoms with Gasteiger partial charge in [-0.1, -0.05) is 12.1 Å². The summed E-state index contributed by atoms with van der Waals surface area (Å²) in [6, 6.07) is 10.6. The van der Waals surface area contributed by atoms with E-state index in [4.69, 9.17) is 9.47 Å². The fourth-order valence-electron chi connectivity index (χ4n) is 3.09. The van der Waals surface area contributed by atoms with E-state index in [1.165, 1.54) is 23.1 Å². The Morgan fingerprint density at radius 2 is 2.03 bits per heavy atom. The van der Waals surface area contributed by atoms with Gasteiger partial charge in [-0.15, -0.1) is 0 Å². The molecule has 0 aliphatic carbocycles. The maximum atomic E-state index is 13.7. The van der Waals surface area contributed by atoms with Gasteiger partial charge in [0.2, 0.25) is 5.91 Å². The first kappa shape index (κ1) is 21.3. The Morgan fingerprint density at radius 1 is 1.23 bits per heavy atom. The molecular formula is C22H23FN2O5. The molecule has 1 aliphatic heterocycles. The molecule has 0 saturated carbocycles. The number of amides is 2. The van der Waals surface area contributed by atoms with Crippen molar-refractivity contribution in [1.29, 1.82) is 0 Å². The molecule has 2 aromatic carbocycles. The highest BCUT2D eigenvalue weighted by atomic mass is 19.1. The number of fused-ring (bicyclic) bond motifs is 1. The molecule has 0 bridgehead atoms. The first-order valence-electron chi connectivity index (χ1n) is 9.74. The average molecular weight is 414 g/mol. The normalized spacial score (nSPS) is 12.7. The molecule has 158 valence electrons. The van der Waals surface area contributed by atoms with Crippen LogP contribution < -0.4 is 19.7 Å². The number of ketones is 1. The van der Waals surface area contributed by atoms with Crippen molar-refractivity contribution in [2.45, 2.75) is 19.8 Å². The Kier molecular flexibility index (Phi) is 7.00. The van der Waals surface area contributed by atoms with E-state index in [0.717, 1.165) is 0 Å². The minimum absolute atomic E-state index is 0.00527. The topological polar surface area (TPSA) is 84.9 Å². The van der Waals surface area contributed by atoms with E-state index in [-0.39, 0.29) is 36.6 Å². The quantitative estimate of drug-likeness (QED) is 0.638. The van der Waals surface area contributed by atoms with Crippen LogP contribution in [-0.4, -0.2) is 43.9 Å². The number of carbonyl (C=O) groups is 3. The predicted octanol–water partition coefficient (Wildman–Crippen LogP) is 2.73. The fourth-order valence-corrected chi connectivity index (χ4v) is 3.09. The maximum absolute atomic E-state index is 13.7. The largest absolute Gasteiger partial charge is 0.482 e. The minimum atomic E-state index is -0.548. The zero-order chi connectivity index (χ0) is 21.5. The molecule has 1 aliphatic rings. The highest BCUT2D eigenvalue weighted by molar-refractivity contribution is 6.02. The van der Waals surface area contributed by atoms with Gasteiger partial charge in [0, 0.05) is 25.1 Å². The number of rotatable bonds is 9. The van der Waals surface area contributed by atoms with Crippen molar-refractivity contribution in [2.24, 2.45) is 0 Å². The fraction of sp³-hybridized carbons (Fsp3) is 0.318. The van der Waals surface area contributed by atoms with E-state index in [9.17, 15) is 18.8 Å². The lowest BCUT2D eigenvalue weighted by molar-refractivity contribution is -0.122. The van der Waals surface area contributed by atoms with Crippen molar-refractivity contribution in [3.63, 3.8) is 0 Å². The summed E-state index contributed by atoms with van der Waals surface area (Å²) in [4.78, 5) is 38.0. The van der Waals surface area contributed by atoms with E-state index in [2.05, 4.69) is 5.32 Å². The molecule has 0 aromatic heterocycles. The van der Waals surface area contributed by atoms with Crippen LogP contribution in [0.4, 0.5) is 10.1 Å². The van der Waals surface area contributed by atoms with Gasteiger partial charge in [0.15, 0.2) is 30.6 Å². The van der Waals surface area contributed by atoms with Gasteiger partial charge in [-0.25, -0.2) is 4.39 Å². The van der Waals surface area contributed by atoms with Crippen LogP contribution in [-0.2, 0) is 9.59 Å². The molecule has 2 aromatic rings. The van der Waals surface area contributed by atoms with Gasteiger partial charge in [0.25, 0.3) is 5.91 Å². The summed E-state index contributed by atoms with van der Waals surface area (Å²) in [5.41, 5.74) is 0.788. The Labute approximate surface area is 173 Å². The van der Waals surface area contributed by atoms with E-state index >= 15 is 0 Å². The number of nitrogens with one attached hydrogen (secondary N) is 1. The van der Waals surface area contributed by atoms with E-state index in [0.29, 0.717) is 42.9 Å². The lowest BCUT2D eigenvalue weighted by Crippen LogP contribution is -2.40. The van der Waals surface area contributed by atoms with Gasteiger partial charge in [0.05, 0.1) is 5.69 Å². The summed E-state index contributed by atoms with van der Waals surface area (Å²) in [7, 11) is 0. The summed E-state index contributed by atoms with van der Waals surface area (Å²) in [6.45, 7) is 2.28. The second kappa shape index (κ2) is 9.87. The van der Waals surface area contributed by atoms with Crippen LogP contribution >= 0.6 is 0 Å². The van der Waals surface area contributed by atoms with E-state index in [1.54, 1.807) is 24.3 Å². The van der Waals surface area contributed by atoms with Gasteiger partial charge in [-0.05, 0) is 43.7 Å². The maximum Gasteiger partial charge on any atom is 0.265 e. The van der Waals surface area contributed by atoms with Crippen molar-refractivity contribution < 1.29 is 28.2 Å². The molecule has 0 atom stereocenters. The number of ether oxygens (including phenoxy) is 2. The van der Waals surface area contributed by atoms with Crippen molar-refractivity contribution in [2.75, 3.05) is 31.2 Å². The number of para-hydroxylation sites is 1. The summed E-state index contributed by atoms with van der Waals surface area (Å²) >= 11 is 0. The summed E-state index contributed by atoms with van der Waals surface area (Å²) < 4.78 is 24.4. The Morgan fingerprint density at radius 3 is 2.80 bits per heavy atom. The second-order valence-corrected chi connectivity index (χ2v) is 6.72. The van der Waals surface area contributed by atoms with Crippen LogP contribution in [0.15, 0.2) is 42.5 Å². The number of carbonyl (C=O) groups excluding carboxylic acids is 3. The number of hydrogen-bond acceptors (Lipinski definition) is 5. The van der Waals surface area contributed by atoms with Crippen molar-refractivity contribution >= 4 is 23.3 Å². The number of Topliss-reactive ketones (excluding diaryl/α,β-unsaturated/α-hetero) is 1. The lowest BCUT2D eigenvalue weighted by Gasteiger charge is -2.29. The Hall–Kier alpha value is -3.42. The van der Waals surface area contributed by atoms with Gasteiger partial charge >= 0.3 is 0 Å². The number of nitrogens with zero attached hydrogens (tertiary/aromatic N) is 1. The minimum Gasteiger partial charge on any atom is -0.482 e. The van der Waals surface area contributed by atoms with Crippen LogP contribution in [0.2, 0.25) is 0 Å². The van der Waals surface area contributed by atoms with E-state index < -0.39 is 5.82 Å². The molecule has 1 N–H and O–H groups in total. The highest BCUT2D eigenvalue weighted by Gasteiger charge is 2.26. The number of anilines is 1. The lowest BCUT2D eigenvalue weighted by atomic mass is 10.1. The zero-order valence-electron chi connectivity index (χ0n) is 16.7. The third-order valence-corrected chi connectivity index (χ3v) is 4.58. The van der Waals surface area contributed by atoms with Gasteiger partial charge in [0.1, 0.15) is 5.75 Å². The van der Waals surface area contributed by atoms with Crippen LogP contribution in [0.25, 0.3) is 0 Å². The standard InChI is InChI=1S/C22H23FN2O5/c1-2-24-21(27)8-5-11-25-17-12-15(9-10-20(17)30-14-22(25)28)18(26)13-29-19-7-4-3-6-16(19)23/h3-4,6-7,9-10,12H,2,5,8,11,13-14H2,1H3,(H,24,27). The SMILES string of the molecule is CCNC(=O)CCCN1C(=O)COc2ccc(C(=O)COc3ccccc3F)cc21. The van der Waals surface area contributed by atoms with E-state index in [1.807, 2.05) is 6.92 Å². The third kappa shape index (κ3) is 5.14. The average Bonchev–Trinajstić information content (AvgIpc) is 2.74. The molecule has 7 nitrogen and oxygen atoms in total. The monoisotopic (exact) mass is 414 g/mol. The number of benzene rings is 2. The summed E-state index contributed by atoms with van der Waals surface area (Å²) in [6.07, 6.45) is 0.772. The third-order valence-electron chi connectivity index (χ3n) is 4.58. The second-order valence-electron chi connectivity index (χ2n) is 6.72. The van der Waals surface area contributed by atoms with Crippen LogP contribution in [0.5, 0.6) is 11.5 Å².